The summed E-state index contributed by atoms with van der Waals surface area (Å²) in [4.78, 5) is 4.45. The van der Waals surface area contributed by atoms with Crippen LogP contribution in [0.1, 0.15) is 26.7 Å². The van der Waals surface area contributed by atoms with Crippen molar-refractivity contribution in [2.24, 2.45) is 5.41 Å². The molecule has 0 saturated heterocycles. The summed E-state index contributed by atoms with van der Waals surface area (Å²) < 4.78 is 5.34. The summed E-state index contributed by atoms with van der Waals surface area (Å²) in [6.07, 6.45) is 0.709. The van der Waals surface area contributed by atoms with Crippen LogP contribution in [0, 0.1) is 5.41 Å². The zero-order chi connectivity index (χ0) is 14.8. The van der Waals surface area contributed by atoms with E-state index in [2.05, 4.69) is 36.2 Å². The van der Waals surface area contributed by atoms with Gasteiger partial charge in [0.25, 0.3) is 0 Å². The molecule has 0 bridgehead atoms. The van der Waals surface area contributed by atoms with E-state index in [1.54, 1.807) is 0 Å². The lowest BCUT2D eigenvalue weighted by Crippen LogP contribution is -2.39. The third-order valence-electron chi connectivity index (χ3n) is 3.34. The highest BCUT2D eigenvalue weighted by Crippen LogP contribution is 2.23. The molecular formula is C15H20ClN3O. The predicted octanol–water partition coefficient (Wildman–Crippen LogP) is 3.57. The fourth-order valence-electron chi connectivity index (χ4n) is 2.07. The molecule has 2 rings (SSSR count). The van der Waals surface area contributed by atoms with Gasteiger partial charge in [0, 0.05) is 23.0 Å². The molecule has 1 aromatic heterocycles. The fraction of sp³-hybridized carbons (Fsp3) is 0.467. The van der Waals surface area contributed by atoms with Gasteiger partial charge in [-0.25, -0.2) is 0 Å². The van der Waals surface area contributed by atoms with Crippen LogP contribution in [0.25, 0.3) is 11.4 Å². The highest BCUT2D eigenvalue weighted by atomic mass is 35.5. The summed E-state index contributed by atoms with van der Waals surface area (Å²) in [5.74, 6) is 1.24. The van der Waals surface area contributed by atoms with Crippen molar-refractivity contribution < 1.29 is 4.52 Å². The maximum Gasteiger partial charge on any atom is 0.228 e. The van der Waals surface area contributed by atoms with Crippen molar-refractivity contribution in [3.63, 3.8) is 0 Å². The molecule has 5 heteroatoms. The fourth-order valence-corrected chi connectivity index (χ4v) is 2.20. The van der Waals surface area contributed by atoms with Crippen molar-refractivity contribution in [2.45, 2.75) is 33.2 Å². The Kier molecular flexibility index (Phi) is 4.45. The second-order valence-electron chi connectivity index (χ2n) is 5.93. The van der Waals surface area contributed by atoms with E-state index < -0.39 is 0 Å². The van der Waals surface area contributed by atoms with Crippen LogP contribution < -0.4 is 5.32 Å². The molecule has 1 unspecified atom stereocenters. The van der Waals surface area contributed by atoms with Crippen molar-refractivity contribution in [1.82, 2.24) is 15.5 Å². The highest BCUT2D eigenvalue weighted by Gasteiger charge is 2.25. The maximum atomic E-state index is 5.87. The number of nitrogens with one attached hydrogen (secondary N) is 1. The number of likely N-dealkylation sites (N-methyl/N-ethyl adjacent to an activating group) is 1. The number of benzene rings is 1. The van der Waals surface area contributed by atoms with Crippen molar-refractivity contribution in [2.75, 3.05) is 7.05 Å². The Balaban J connectivity index is 2.15. The second kappa shape index (κ2) is 5.94. The molecule has 0 amide bonds. The van der Waals surface area contributed by atoms with Gasteiger partial charge in [0.1, 0.15) is 0 Å². The SMILES string of the molecule is CNC(Cc1nc(-c2ccc(Cl)cc2)no1)C(C)(C)C. The highest BCUT2D eigenvalue weighted by molar-refractivity contribution is 6.30. The van der Waals surface area contributed by atoms with Gasteiger partial charge in [-0.05, 0) is 36.7 Å². The molecule has 0 spiro atoms. The van der Waals surface area contributed by atoms with E-state index in [0.29, 0.717) is 23.2 Å². The first-order chi connectivity index (χ1) is 9.40. The van der Waals surface area contributed by atoms with Gasteiger partial charge < -0.3 is 9.84 Å². The standard InChI is InChI=1S/C15H20ClN3O/c1-15(2,3)12(17-4)9-13-18-14(19-20-13)10-5-7-11(16)8-6-10/h5-8,12,17H,9H2,1-4H3. The van der Waals surface area contributed by atoms with E-state index in [0.717, 1.165) is 5.56 Å². The van der Waals surface area contributed by atoms with Gasteiger partial charge >= 0.3 is 0 Å². The van der Waals surface area contributed by atoms with Crippen LogP contribution in [0.5, 0.6) is 0 Å². The smallest absolute Gasteiger partial charge is 0.228 e. The van der Waals surface area contributed by atoms with Crippen molar-refractivity contribution in [3.8, 4) is 11.4 Å². The van der Waals surface area contributed by atoms with Crippen molar-refractivity contribution >= 4 is 11.6 Å². The third-order valence-corrected chi connectivity index (χ3v) is 3.60. The second-order valence-corrected chi connectivity index (χ2v) is 6.37. The molecule has 0 fully saturated rings. The van der Waals surface area contributed by atoms with E-state index >= 15 is 0 Å². The van der Waals surface area contributed by atoms with Crippen LogP contribution in [-0.4, -0.2) is 23.2 Å². The molecule has 1 aromatic carbocycles. The summed E-state index contributed by atoms with van der Waals surface area (Å²) in [7, 11) is 1.95. The molecule has 1 N–H and O–H groups in total. The van der Waals surface area contributed by atoms with Crippen LogP contribution in [-0.2, 0) is 6.42 Å². The van der Waals surface area contributed by atoms with E-state index in [-0.39, 0.29) is 11.5 Å². The number of hydrogen-bond acceptors (Lipinski definition) is 4. The molecule has 0 radical (unpaired) electrons. The first kappa shape index (κ1) is 15.0. The number of nitrogens with zero attached hydrogens (tertiary/aromatic N) is 2. The molecule has 0 aliphatic rings. The van der Waals surface area contributed by atoms with Crippen LogP contribution in [0.4, 0.5) is 0 Å². The van der Waals surface area contributed by atoms with Crippen LogP contribution in [0.2, 0.25) is 5.02 Å². The first-order valence-electron chi connectivity index (χ1n) is 6.66. The number of hydrogen-bond donors (Lipinski definition) is 1. The lowest BCUT2D eigenvalue weighted by Gasteiger charge is -2.29. The molecule has 0 aliphatic heterocycles. The molecule has 0 aliphatic carbocycles. The van der Waals surface area contributed by atoms with Crippen molar-refractivity contribution in [3.05, 3.63) is 35.2 Å². The monoisotopic (exact) mass is 293 g/mol. The summed E-state index contributed by atoms with van der Waals surface area (Å²) in [6.45, 7) is 6.56. The van der Waals surface area contributed by atoms with Crippen LogP contribution >= 0.6 is 11.6 Å². The van der Waals surface area contributed by atoms with Gasteiger partial charge in [0.05, 0.1) is 0 Å². The Morgan fingerprint density at radius 1 is 1.25 bits per heavy atom. The van der Waals surface area contributed by atoms with Gasteiger partial charge in [0.15, 0.2) is 0 Å². The minimum atomic E-state index is 0.129. The molecule has 1 atom stereocenters. The summed E-state index contributed by atoms with van der Waals surface area (Å²) in [6, 6.07) is 7.68. The van der Waals surface area contributed by atoms with Crippen LogP contribution in [0.15, 0.2) is 28.8 Å². The topological polar surface area (TPSA) is 51.0 Å². The van der Waals surface area contributed by atoms with Gasteiger partial charge in [-0.1, -0.05) is 37.5 Å². The average Bonchev–Trinajstić information content (AvgIpc) is 2.84. The summed E-state index contributed by atoms with van der Waals surface area (Å²) in [5, 5.41) is 8.03. The van der Waals surface area contributed by atoms with Gasteiger partial charge in [-0.2, -0.15) is 4.98 Å². The Morgan fingerprint density at radius 2 is 1.90 bits per heavy atom. The Bertz CT molecular complexity index is 557. The molecule has 20 heavy (non-hydrogen) atoms. The molecule has 1 heterocycles. The molecule has 108 valence electrons. The molecule has 0 saturated carbocycles. The average molecular weight is 294 g/mol. The van der Waals surface area contributed by atoms with Gasteiger partial charge in [0.2, 0.25) is 11.7 Å². The molecule has 4 nitrogen and oxygen atoms in total. The Labute approximate surface area is 124 Å². The minimum absolute atomic E-state index is 0.129. The van der Waals surface area contributed by atoms with Crippen molar-refractivity contribution in [1.29, 1.82) is 0 Å². The quantitative estimate of drug-likeness (QED) is 0.936. The molecular weight excluding hydrogens is 274 g/mol. The Hall–Kier alpha value is -1.39. The zero-order valence-corrected chi connectivity index (χ0v) is 13.0. The minimum Gasteiger partial charge on any atom is -0.339 e. The lowest BCUT2D eigenvalue weighted by molar-refractivity contribution is 0.255. The van der Waals surface area contributed by atoms with E-state index in [4.69, 9.17) is 16.1 Å². The Morgan fingerprint density at radius 3 is 2.45 bits per heavy atom. The van der Waals surface area contributed by atoms with Gasteiger partial charge in [-0.3, -0.25) is 0 Å². The first-order valence-corrected chi connectivity index (χ1v) is 7.03. The van der Waals surface area contributed by atoms with E-state index in [1.165, 1.54) is 0 Å². The third kappa shape index (κ3) is 3.58. The summed E-state index contributed by atoms with van der Waals surface area (Å²) >= 11 is 5.87. The largest absolute Gasteiger partial charge is 0.339 e. The van der Waals surface area contributed by atoms with Crippen LogP contribution in [0.3, 0.4) is 0 Å². The zero-order valence-electron chi connectivity index (χ0n) is 12.3. The van der Waals surface area contributed by atoms with Gasteiger partial charge in [-0.15, -0.1) is 0 Å². The normalized spacial score (nSPS) is 13.4. The maximum absolute atomic E-state index is 5.87. The van der Waals surface area contributed by atoms with E-state index in [9.17, 15) is 0 Å². The predicted molar refractivity (Wildman–Crippen MR) is 80.8 cm³/mol. The number of rotatable bonds is 4. The molecule has 2 aromatic rings. The number of aromatic nitrogens is 2. The lowest BCUT2D eigenvalue weighted by atomic mass is 9.85. The van der Waals surface area contributed by atoms with E-state index in [1.807, 2.05) is 31.3 Å². The summed E-state index contributed by atoms with van der Waals surface area (Å²) in [5.41, 5.74) is 1.03. The number of halogens is 1.